The zero-order valence-corrected chi connectivity index (χ0v) is 33.7. The fourth-order valence-corrected chi connectivity index (χ4v) is 5.36. The van der Waals surface area contributed by atoms with Crippen molar-refractivity contribution in [2.75, 3.05) is 0 Å². The Labute approximate surface area is 290 Å². The molecule has 0 N–H and O–H groups in total. The van der Waals surface area contributed by atoms with Crippen molar-refractivity contribution in [3.8, 4) is 0 Å². The van der Waals surface area contributed by atoms with E-state index in [0.717, 1.165) is 0 Å². The first kappa shape index (κ1) is 45.8. The molecule has 0 aliphatic carbocycles. The van der Waals surface area contributed by atoms with Gasteiger partial charge in [0.1, 0.15) is 0 Å². The van der Waals surface area contributed by atoms with Crippen LogP contribution in [0.1, 0.15) is 139 Å². The summed E-state index contributed by atoms with van der Waals surface area (Å²) < 4.78 is 0. The van der Waals surface area contributed by atoms with E-state index in [4.69, 9.17) is 0 Å². The molecule has 2 radical (unpaired) electrons. The Hall–Kier alpha value is -0.660. The van der Waals surface area contributed by atoms with Crippen LogP contribution < -0.4 is 0 Å². The van der Waals surface area contributed by atoms with Crippen LogP contribution in [0.5, 0.6) is 0 Å². The van der Waals surface area contributed by atoms with Gasteiger partial charge in [0.15, 0.2) is 0 Å². The predicted molar refractivity (Wildman–Crippen MR) is 197 cm³/mol. The van der Waals surface area contributed by atoms with E-state index in [1.807, 2.05) is 0 Å². The van der Waals surface area contributed by atoms with E-state index in [1.165, 1.54) is 104 Å². The first-order valence-electron chi connectivity index (χ1n) is 14.8. The first-order valence-corrected chi connectivity index (χ1v) is 19.0. The van der Waals surface area contributed by atoms with Crippen LogP contribution in [-0.4, -0.2) is 6.88 Å². The summed E-state index contributed by atoms with van der Waals surface area (Å²) in [6.07, 6.45) is 4.85. The van der Waals surface area contributed by atoms with E-state index in [1.54, 1.807) is 0 Å². The van der Waals surface area contributed by atoms with Crippen molar-refractivity contribution in [2.24, 2.45) is 0 Å². The van der Waals surface area contributed by atoms with Gasteiger partial charge < -0.3 is 14.9 Å². The average molecular weight is 705 g/mol. The Balaban J connectivity index is -0.000000627. The molecule has 0 heterocycles. The Morgan fingerprint density at radius 2 is 0.857 bits per heavy atom. The quantitative estimate of drug-likeness (QED) is 0.127. The van der Waals surface area contributed by atoms with Crippen molar-refractivity contribution in [3.63, 3.8) is 0 Å². The molecule has 0 aromatic heterocycles. The van der Waals surface area contributed by atoms with Crippen LogP contribution in [0.25, 0.3) is 21.5 Å². The van der Waals surface area contributed by atoms with E-state index in [9.17, 15) is 0 Å². The van der Waals surface area contributed by atoms with Gasteiger partial charge in [-0.05, 0) is 36.5 Å². The standard InChI is InChI=1S/2C18H25.2CH3.2ClH.Si.Zr/c2*1-6-7-14-8-16-10-15(12(2)3)11-17(13(4)5)18(16)9-14;;;;;;/h2*8-13H,6-7H2,1-5H3;2*1H3;2*1H;;/q4*-1;;;;. The zero-order valence-electron chi connectivity index (χ0n) is 28.6. The van der Waals surface area contributed by atoms with E-state index >= 15 is 0 Å². The van der Waals surface area contributed by atoms with Crippen molar-refractivity contribution in [1.82, 2.24) is 0 Å². The monoisotopic (exact) mass is 702 g/mol. The van der Waals surface area contributed by atoms with Crippen LogP contribution >= 0.6 is 24.8 Å². The zero-order chi connectivity index (χ0) is 28.6. The van der Waals surface area contributed by atoms with Gasteiger partial charge in [-0.3, -0.25) is 0 Å². The van der Waals surface area contributed by atoms with Crippen molar-refractivity contribution in [2.45, 2.75) is 119 Å². The molecule has 0 unspecified atom stereocenters. The third kappa shape index (κ3) is 12.0. The molecule has 4 rings (SSSR count). The molecule has 0 bridgehead atoms. The topological polar surface area (TPSA) is 0 Å². The van der Waals surface area contributed by atoms with Crippen LogP contribution in [-0.2, 0) is 36.2 Å². The molecule has 0 atom stereocenters. The number of hydrogen-bond donors (Lipinski definition) is 0. The first-order chi connectivity index (χ1) is 18.0. The van der Waals surface area contributed by atoms with E-state index in [2.05, 4.69) is 125 Å². The number of hydrogen-bond acceptors (Lipinski definition) is 0. The van der Waals surface area contributed by atoms with Crippen LogP contribution in [0.4, 0.5) is 0 Å². The summed E-state index contributed by atoms with van der Waals surface area (Å²) in [6, 6.07) is 19.2. The molecule has 4 aromatic rings. The molecule has 0 fully saturated rings. The second kappa shape index (κ2) is 21.9. The number of aryl methyl sites for hydroxylation is 2. The number of halogens is 2. The summed E-state index contributed by atoms with van der Waals surface area (Å²) >= 11 is 1.36. The van der Waals surface area contributed by atoms with E-state index < -0.39 is 0 Å². The van der Waals surface area contributed by atoms with Gasteiger partial charge in [-0.15, -0.1) is 81.8 Å². The van der Waals surface area contributed by atoms with Gasteiger partial charge >= 0.3 is 30.2 Å². The summed E-state index contributed by atoms with van der Waals surface area (Å²) in [5, 5.41) is 5.82. The summed E-state index contributed by atoms with van der Waals surface area (Å²) in [6.45, 7) is 25.9. The Morgan fingerprint density at radius 3 is 1.10 bits per heavy atom. The molecular weight excluding hydrogens is 647 g/mol. The van der Waals surface area contributed by atoms with Crippen LogP contribution in [0.3, 0.4) is 0 Å². The van der Waals surface area contributed by atoms with Gasteiger partial charge in [-0.1, -0.05) is 116 Å². The van der Waals surface area contributed by atoms with Crippen molar-refractivity contribution >= 4 is 53.2 Å². The second-order valence-electron chi connectivity index (χ2n) is 12.1. The molecule has 42 heavy (non-hydrogen) atoms. The molecule has 0 aliphatic heterocycles. The van der Waals surface area contributed by atoms with Crippen molar-refractivity contribution in [1.29, 1.82) is 0 Å². The second-order valence-corrected chi connectivity index (χ2v) is 12.1. The van der Waals surface area contributed by atoms with Crippen LogP contribution in [0, 0.1) is 14.9 Å². The number of benzene rings is 2. The predicted octanol–water partition coefficient (Wildman–Crippen LogP) is 12.9. The molecule has 4 aromatic carbocycles. The minimum atomic E-state index is 0. The molecule has 0 saturated heterocycles. The normalized spacial score (nSPS) is 10.3. The fraction of sp³-hybridized carbons (Fsp3) is 0.474. The molecule has 0 amide bonds. The minimum absolute atomic E-state index is 0. The molecule has 0 saturated carbocycles. The number of fused-ring (bicyclic) bond motifs is 2. The molecule has 0 spiro atoms. The third-order valence-electron chi connectivity index (χ3n) is 7.53. The van der Waals surface area contributed by atoms with Gasteiger partial charge in [0.2, 0.25) is 0 Å². The molecule has 0 nitrogen and oxygen atoms in total. The Kier molecular flexibility index (Phi) is 23.9. The Morgan fingerprint density at radius 1 is 0.548 bits per heavy atom. The van der Waals surface area contributed by atoms with Crippen LogP contribution in [0.2, 0.25) is 0 Å². The van der Waals surface area contributed by atoms with Crippen molar-refractivity contribution in [3.05, 3.63) is 96.8 Å². The van der Waals surface area contributed by atoms with Gasteiger partial charge in [0.05, 0.1) is 0 Å². The Bertz CT molecular complexity index is 1190. The fourth-order valence-electron chi connectivity index (χ4n) is 5.36. The average Bonchev–Trinajstić information content (AvgIpc) is 3.47. The SMILES string of the molecule is CCCc1cc2c(C(C)C)cc(C(C)C)cc2[cH-]1.CCCc1cc2c(C(C)C)cc(C(C)C)cc2[cH-]1.Cl.Cl.[CH3-].[CH3-].[Si]=[Zr]. The maximum absolute atomic E-state index is 3.06. The summed E-state index contributed by atoms with van der Waals surface area (Å²) in [5.41, 5.74) is 8.96. The summed E-state index contributed by atoms with van der Waals surface area (Å²) in [4.78, 5) is 0. The summed E-state index contributed by atoms with van der Waals surface area (Å²) in [5.74, 6) is 2.42. The van der Waals surface area contributed by atoms with E-state index in [-0.39, 0.29) is 39.7 Å². The molecule has 4 heteroatoms. The molecule has 236 valence electrons. The van der Waals surface area contributed by atoms with Gasteiger partial charge in [0.25, 0.3) is 0 Å². The summed E-state index contributed by atoms with van der Waals surface area (Å²) in [7, 11) is 0. The van der Waals surface area contributed by atoms with Crippen molar-refractivity contribution < 1.29 is 23.3 Å². The molecule has 0 aliphatic rings. The molecular formula is C38H58Cl2SiZr-4. The third-order valence-corrected chi connectivity index (χ3v) is 7.53. The van der Waals surface area contributed by atoms with Gasteiger partial charge in [0, 0.05) is 0 Å². The van der Waals surface area contributed by atoms with Gasteiger partial charge in [-0.2, -0.15) is 12.1 Å². The maximum atomic E-state index is 3.06. The number of rotatable bonds is 8. The van der Waals surface area contributed by atoms with E-state index in [0.29, 0.717) is 23.7 Å². The van der Waals surface area contributed by atoms with Crippen LogP contribution in [0.15, 0.2) is 48.5 Å². The van der Waals surface area contributed by atoms with Gasteiger partial charge in [-0.25, -0.2) is 0 Å².